The molecule has 0 N–H and O–H groups in total. The van der Waals surface area contributed by atoms with Crippen molar-refractivity contribution in [2.45, 2.75) is 13.8 Å². The first-order valence-electron chi connectivity index (χ1n) is 2.26. The van der Waals surface area contributed by atoms with Crippen LogP contribution in [0.4, 0.5) is 0 Å². The van der Waals surface area contributed by atoms with Gasteiger partial charge < -0.3 is 10.3 Å². The van der Waals surface area contributed by atoms with Gasteiger partial charge in [0.1, 0.15) is 0 Å². The van der Waals surface area contributed by atoms with Crippen LogP contribution in [0.2, 0.25) is 0 Å². The van der Waals surface area contributed by atoms with E-state index in [2.05, 4.69) is 16.9 Å². The van der Waals surface area contributed by atoms with Crippen molar-refractivity contribution in [3.63, 3.8) is 0 Å². The van der Waals surface area contributed by atoms with Crippen LogP contribution in [0, 0.1) is 0 Å². The highest BCUT2D eigenvalue weighted by molar-refractivity contribution is 5.00. The molecule has 0 unspecified atom stereocenters. The average molecular weight is 100 g/mol. The van der Waals surface area contributed by atoms with Crippen molar-refractivity contribution < 1.29 is 4.84 Å². The van der Waals surface area contributed by atoms with E-state index in [0.717, 1.165) is 0 Å². The Morgan fingerprint density at radius 3 is 2.57 bits per heavy atom. The Bertz CT molecular complexity index is 61.1. The molecule has 0 amide bonds. The van der Waals surface area contributed by atoms with Gasteiger partial charge in [-0.15, -0.1) is 6.58 Å². The topological polar surface area (TPSA) is 23.3 Å². The van der Waals surface area contributed by atoms with Crippen molar-refractivity contribution in [2.24, 2.45) is 0 Å². The third-order valence-electron chi connectivity index (χ3n) is 0.349. The molecule has 0 bridgehead atoms. The maximum absolute atomic E-state index is 4.62. The number of allylic oxidation sites excluding steroid dienone is 1. The van der Waals surface area contributed by atoms with E-state index in [1.54, 1.807) is 6.92 Å². The fourth-order valence-corrected chi connectivity index (χ4v) is 0.175. The van der Waals surface area contributed by atoms with Crippen LogP contribution in [-0.2, 0) is 4.84 Å². The van der Waals surface area contributed by atoms with Gasteiger partial charge in [-0.2, -0.15) is 5.70 Å². The Balaban J connectivity index is 2.82. The maximum Gasteiger partial charge on any atom is 0.0268 e. The lowest BCUT2D eigenvalue weighted by Gasteiger charge is -2.19. The number of nitrogens with zero attached hydrogens (tertiary/aromatic N) is 1. The van der Waals surface area contributed by atoms with Crippen molar-refractivity contribution in [2.75, 3.05) is 6.61 Å². The molecule has 0 aromatic carbocycles. The number of hydrogen-bond donors (Lipinski definition) is 0. The standard InChI is InChI=1S/C5H10NO/c1-4-7-6-5(2)3/h2,4H2,1,3H3/q-1. The predicted molar refractivity (Wildman–Crippen MR) is 29.8 cm³/mol. The Kier molecular flexibility index (Phi) is 3.42. The Labute approximate surface area is 44.1 Å². The van der Waals surface area contributed by atoms with E-state index in [4.69, 9.17) is 0 Å². The smallest absolute Gasteiger partial charge is 0.0268 e. The van der Waals surface area contributed by atoms with E-state index in [9.17, 15) is 0 Å². The summed E-state index contributed by atoms with van der Waals surface area (Å²) in [5, 5.41) is 0. The largest absolute Gasteiger partial charge is 0.566 e. The van der Waals surface area contributed by atoms with Crippen LogP contribution in [-0.4, -0.2) is 6.61 Å². The molecule has 0 aliphatic carbocycles. The van der Waals surface area contributed by atoms with Crippen LogP contribution >= 0.6 is 0 Å². The molecule has 0 radical (unpaired) electrons. The summed E-state index contributed by atoms with van der Waals surface area (Å²) in [6.07, 6.45) is 0. The van der Waals surface area contributed by atoms with Gasteiger partial charge in [0.25, 0.3) is 0 Å². The minimum atomic E-state index is 0.618. The molecular formula is C5H10NO-. The fraction of sp³-hybridized carbons (Fsp3) is 0.600. The Hall–Kier alpha value is -0.500. The third kappa shape index (κ3) is 5.50. The fourth-order valence-electron chi connectivity index (χ4n) is 0.175. The van der Waals surface area contributed by atoms with Gasteiger partial charge in [-0.25, -0.2) is 0 Å². The summed E-state index contributed by atoms with van der Waals surface area (Å²) < 4.78 is 0. The van der Waals surface area contributed by atoms with E-state index < -0.39 is 0 Å². The molecule has 0 saturated heterocycles. The molecular weight excluding hydrogens is 90.1 g/mol. The first-order chi connectivity index (χ1) is 3.27. The van der Waals surface area contributed by atoms with Crippen LogP contribution in [0.1, 0.15) is 13.8 Å². The van der Waals surface area contributed by atoms with Gasteiger partial charge in [0.2, 0.25) is 0 Å². The van der Waals surface area contributed by atoms with Crippen LogP contribution in [0.5, 0.6) is 0 Å². The lowest BCUT2D eigenvalue weighted by atomic mass is 10.6. The van der Waals surface area contributed by atoms with E-state index >= 15 is 0 Å². The monoisotopic (exact) mass is 100 g/mol. The maximum atomic E-state index is 4.62. The van der Waals surface area contributed by atoms with Crippen molar-refractivity contribution in [3.8, 4) is 0 Å². The minimum absolute atomic E-state index is 0.618. The SMILES string of the molecule is C=C(C)[N-]OCC. The minimum Gasteiger partial charge on any atom is -0.566 e. The molecule has 2 heteroatoms. The summed E-state index contributed by atoms with van der Waals surface area (Å²) in [7, 11) is 0. The summed E-state index contributed by atoms with van der Waals surface area (Å²) in [6.45, 7) is 7.79. The van der Waals surface area contributed by atoms with Crippen LogP contribution < -0.4 is 0 Å². The van der Waals surface area contributed by atoms with Gasteiger partial charge >= 0.3 is 0 Å². The molecule has 0 aliphatic heterocycles. The molecule has 2 nitrogen and oxygen atoms in total. The molecule has 0 saturated carbocycles. The second kappa shape index (κ2) is 3.68. The lowest BCUT2D eigenvalue weighted by Crippen LogP contribution is -1.80. The van der Waals surface area contributed by atoms with Crippen molar-refractivity contribution in [3.05, 3.63) is 17.8 Å². The molecule has 42 valence electrons. The van der Waals surface area contributed by atoms with Crippen LogP contribution in [0.15, 0.2) is 12.3 Å². The van der Waals surface area contributed by atoms with Gasteiger partial charge in [0.05, 0.1) is 0 Å². The van der Waals surface area contributed by atoms with E-state index in [1.807, 2.05) is 6.92 Å². The van der Waals surface area contributed by atoms with Gasteiger partial charge in [0, 0.05) is 6.61 Å². The molecule has 7 heavy (non-hydrogen) atoms. The molecule has 0 aromatic heterocycles. The van der Waals surface area contributed by atoms with Crippen molar-refractivity contribution >= 4 is 0 Å². The van der Waals surface area contributed by atoms with Crippen LogP contribution in [0.25, 0.3) is 5.48 Å². The summed E-state index contributed by atoms with van der Waals surface area (Å²) in [4.78, 5) is 4.62. The van der Waals surface area contributed by atoms with Gasteiger partial charge in [-0.3, -0.25) is 0 Å². The number of hydroxylamine groups is 1. The van der Waals surface area contributed by atoms with Gasteiger partial charge in [-0.1, -0.05) is 6.92 Å². The molecule has 0 aromatic rings. The zero-order chi connectivity index (χ0) is 5.70. The number of hydrogen-bond acceptors (Lipinski definition) is 1. The zero-order valence-corrected chi connectivity index (χ0v) is 4.77. The van der Waals surface area contributed by atoms with Gasteiger partial charge in [-0.05, 0) is 6.92 Å². The van der Waals surface area contributed by atoms with E-state index in [-0.39, 0.29) is 0 Å². The molecule has 0 heterocycles. The predicted octanol–water partition coefficient (Wildman–Crippen LogP) is 1.85. The Morgan fingerprint density at radius 2 is 2.43 bits per heavy atom. The lowest BCUT2D eigenvalue weighted by molar-refractivity contribution is 0.239. The highest BCUT2D eigenvalue weighted by Crippen LogP contribution is 1.98. The molecule has 0 spiro atoms. The zero-order valence-electron chi connectivity index (χ0n) is 4.77. The quantitative estimate of drug-likeness (QED) is 0.496. The normalized spacial score (nSPS) is 8.29. The summed E-state index contributed by atoms with van der Waals surface area (Å²) >= 11 is 0. The molecule has 0 rings (SSSR count). The number of rotatable bonds is 3. The first kappa shape index (κ1) is 6.50. The summed E-state index contributed by atoms with van der Waals surface area (Å²) in [5.41, 5.74) is 4.26. The van der Waals surface area contributed by atoms with Crippen LogP contribution in [0.3, 0.4) is 0 Å². The van der Waals surface area contributed by atoms with Gasteiger partial charge in [0.15, 0.2) is 0 Å². The highest BCUT2D eigenvalue weighted by atomic mass is 16.6. The van der Waals surface area contributed by atoms with Crippen molar-refractivity contribution in [1.29, 1.82) is 0 Å². The molecule has 0 atom stereocenters. The second-order valence-corrected chi connectivity index (χ2v) is 1.24. The Morgan fingerprint density at radius 1 is 1.86 bits per heavy atom. The average Bonchev–Trinajstić information content (AvgIpc) is 1.61. The second-order valence-electron chi connectivity index (χ2n) is 1.24. The van der Waals surface area contributed by atoms with E-state index in [0.29, 0.717) is 12.3 Å². The summed E-state index contributed by atoms with van der Waals surface area (Å²) in [5.74, 6) is 0. The molecule has 0 fully saturated rings. The van der Waals surface area contributed by atoms with E-state index in [1.165, 1.54) is 0 Å². The highest BCUT2D eigenvalue weighted by Gasteiger charge is 1.60. The molecule has 0 aliphatic rings. The summed E-state index contributed by atoms with van der Waals surface area (Å²) in [6, 6.07) is 0. The first-order valence-corrected chi connectivity index (χ1v) is 2.26. The third-order valence-corrected chi connectivity index (χ3v) is 0.349. The van der Waals surface area contributed by atoms with Crippen molar-refractivity contribution in [1.82, 2.24) is 0 Å².